The lowest BCUT2D eigenvalue weighted by atomic mass is 10.2. The third kappa shape index (κ3) is 2.26. The van der Waals surface area contributed by atoms with E-state index in [0.29, 0.717) is 23.7 Å². The summed E-state index contributed by atoms with van der Waals surface area (Å²) in [5.41, 5.74) is 5.84. The summed E-state index contributed by atoms with van der Waals surface area (Å²) in [4.78, 5) is 0. The Bertz CT molecular complexity index is 512. The molecule has 0 bridgehead atoms. The molecule has 5 nitrogen and oxygen atoms in total. The van der Waals surface area contributed by atoms with E-state index >= 15 is 0 Å². The molecule has 1 aromatic carbocycles. The van der Waals surface area contributed by atoms with Crippen molar-refractivity contribution in [3.8, 4) is 11.6 Å². The van der Waals surface area contributed by atoms with Gasteiger partial charge in [-0.05, 0) is 19.1 Å². The predicted octanol–water partition coefficient (Wildman–Crippen LogP) is 1.69. The first-order valence-corrected chi connectivity index (χ1v) is 5.30. The Labute approximate surface area is 98.0 Å². The summed E-state index contributed by atoms with van der Waals surface area (Å²) in [7, 11) is 0. The van der Waals surface area contributed by atoms with Gasteiger partial charge in [0, 0.05) is 18.7 Å². The second-order valence-corrected chi connectivity index (χ2v) is 3.41. The van der Waals surface area contributed by atoms with Gasteiger partial charge in [-0.2, -0.15) is 0 Å². The number of hydrogen-bond donors (Lipinski definition) is 1. The number of nitrogens with zero attached hydrogens (tertiary/aromatic N) is 3. The average molecular weight is 236 g/mol. The van der Waals surface area contributed by atoms with Gasteiger partial charge in [-0.3, -0.25) is 0 Å². The molecule has 17 heavy (non-hydrogen) atoms. The zero-order chi connectivity index (χ0) is 12.3. The standard InChI is InChI=1S/C11H13FN4O/c1-2-16-11(7-14-15-16)17-10-5-3-4-9(12)8(10)6-13/h3-5,7H,2,6,13H2,1H3. The normalized spacial score (nSPS) is 10.5. The number of ether oxygens (including phenoxy) is 1. The first-order valence-electron chi connectivity index (χ1n) is 5.30. The molecule has 1 aromatic heterocycles. The Morgan fingerprint density at radius 1 is 1.47 bits per heavy atom. The molecule has 0 saturated heterocycles. The predicted molar refractivity (Wildman–Crippen MR) is 60.1 cm³/mol. The van der Waals surface area contributed by atoms with Crippen molar-refractivity contribution >= 4 is 0 Å². The highest BCUT2D eigenvalue weighted by Crippen LogP contribution is 2.26. The maximum atomic E-state index is 13.5. The van der Waals surface area contributed by atoms with Gasteiger partial charge in [0.15, 0.2) is 0 Å². The van der Waals surface area contributed by atoms with Crippen LogP contribution in [0.4, 0.5) is 4.39 Å². The molecule has 1 heterocycles. The third-order valence-electron chi connectivity index (χ3n) is 2.38. The smallest absolute Gasteiger partial charge is 0.238 e. The minimum Gasteiger partial charge on any atom is -0.437 e. The van der Waals surface area contributed by atoms with Gasteiger partial charge in [0.1, 0.15) is 17.8 Å². The van der Waals surface area contributed by atoms with Crippen LogP contribution in [0.1, 0.15) is 12.5 Å². The van der Waals surface area contributed by atoms with Crippen molar-refractivity contribution in [2.45, 2.75) is 20.0 Å². The van der Waals surface area contributed by atoms with Crippen LogP contribution in [0.25, 0.3) is 0 Å². The number of nitrogens with two attached hydrogens (primary N) is 1. The number of benzene rings is 1. The number of aryl methyl sites for hydroxylation is 1. The Hall–Kier alpha value is -1.95. The van der Waals surface area contributed by atoms with Crippen LogP contribution in [0.2, 0.25) is 0 Å². The second-order valence-electron chi connectivity index (χ2n) is 3.41. The Kier molecular flexibility index (Phi) is 3.34. The number of aromatic nitrogens is 3. The van der Waals surface area contributed by atoms with Crippen LogP contribution in [0, 0.1) is 5.82 Å². The number of halogens is 1. The highest BCUT2D eigenvalue weighted by Gasteiger charge is 2.11. The van der Waals surface area contributed by atoms with Crippen molar-refractivity contribution in [1.82, 2.24) is 15.0 Å². The fourth-order valence-corrected chi connectivity index (χ4v) is 1.49. The highest BCUT2D eigenvalue weighted by atomic mass is 19.1. The largest absolute Gasteiger partial charge is 0.437 e. The van der Waals surface area contributed by atoms with E-state index < -0.39 is 0 Å². The van der Waals surface area contributed by atoms with Crippen LogP contribution in [0.3, 0.4) is 0 Å². The Balaban J connectivity index is 2.33. The summed E-state index contributed by atoms with van der Waals surface area (Å²) in [5, 5.41) is 7.56. The van der Waals surface area contributed by atoms with Crippen molar-refractivity contribution in [2.24, 2.45) is 5.73 Å². The summed E-state index contributed by atoms with van der Waals surface area (Å²) in [6, 6.07) is 4.59. The fraction of sp³-hybridized carbons (Fsp3) is 0.273. The van der Waals surface area contributed by atoms with Crippen LogP contribution in [-0.2, 0) is 13.1 Å². The molecule has 0 fully saturated rings. The molecule has 2 rings (SSSR count). The van der Waals surface area contributed by atoms with Crippen LogP contribution >= 0.6 is 0 Å². The lowest BCUT2D eigenvalue weighted by Crippen LogP contribution is -2.05. The lowest BCUT2D eigenvalue weighted by Gasteiger charge is -2.10. The quantitative estimate of drug-likeness (QED) is 0.877. The summed E-state index contributed by atoms with van der Waals surface area (Å²) >= 11 is 0. The van der Waals surface area contributed by atoms with Gasteiger partial charge in [0.05, 0.1) is 0 Å². The molecule has 0 unspecified atom stereocenters. The molecule has 6 heteroatoms. The first-order chi connectivity index (χ1) is 8.26. The van der Waals surface area contributed by atoms with Crippen LogP contribution < -0.4 is 10.5 Å². The lowest BCUT2D eigenvalue weighted by molar-refractivity contribution is 0.407. The topological polar surface area (TPSA) is 66.0 Å². The maximum absolute atomic E-state index is 13.5. The van der Waals surface area contributed by atoms with Crippen molar-refractivity contribution < 1.29 is 9.13 Å². The molecular weight excluding hydrogens is 223 g/mol. The van der Waals surface area contributed by atoms with E-state index in [2.05, 4.69) is 10.3 Å². The third-order valence-corrected chi connectivity index (χ3v) is 2.38. The van der Waals surface area contributed by atoms with Crippen LogP contribution in [0.5, 0.6) is 11.6 Å². The van der Waals surface area contributed by atoms with Gasteiger partial charge >= 0.3 is 0 Å². The minimum atomic E-state index is -0.375. The van der Waals surface area contributed by atoms with Gasteiger partial charge < -0.3 is 10.5 Å². The SMILES string of the molecule is CCn1nncc1Oc1cccc(F)c1CN. The Morgan fingerprint density at radius 3 is 3.00 bits per heavy atom. The van der Waals surface area contributed by atoms with Crippen molar-refractivity contribution in [1.29, 1.82) is 0 Å². The molecule has 0 spiro atoms. The fourth-order valence-electron chi connectivity index (χ4n) is 1.49. The summed E-state index contributed by atoms with van der Waals surface area (Å²) in [6.07, 6.45) is 1.48. The molecule has 0 saturated carbocycles. The molecule has 0 aliphatic carbocycles. The summed E-state index contributed by atoms with van der Waals surface area (Å²) in [5.74, 6) is 0.484. The molecule has 90 valence electrons. The molecule has 0 aliphatic rings. The average Bonchev–Trinajstić information content (AvgIpc) is 2.77. The first kappa shape index (κ1) is 11.5. The number of hydrogen-bond acceptors (Lipinski definition) is 4. The van der Waals surface area contributed by atoms with E-state index in [0.717, 1.165) is 0 Å². The molecule has 2 N–H and O–H groups in total. The maximum Gasteiger partial charge on any atom is 0.238 e. The van der Waals surface area contributed by atoms with Gasteiger partial charge in [0.2, 0.25) is 5.88 Å². The molecule has 0 radical (unpaired) electrons. The minimum absolute atomic E-state index is 0.0791. The van der Waals surface area contributed by atoms with Gasteiger partial charge in [-0.1, -0.05) is 11.3 Å². The molecule has 0 amide bonds. The van der Waals surface area contributed by atoms with Crippen LogP contribution in [0.15, 0.2) is 24.4 Å². The van der Waals surface area contributed by atoms with E-state index in [-0.39, 0.29) is 12.4 Å². The Morgan fingerprint density at radius 2 is 2.29 bits per heavy atom. The zero-order valence-corrected chi connectivity index (χ0v) is 9.43. The van der Waals surface area contributed by atoms with E-state index in [1.54, 1.807) is 16.8 Å². The van der Waals surface area contributed by atoms with E-state index in [1.807, 2.05) is 6.92 Å². The van der Waals surface area contributed by atoms with Crippen molar-refractivity contribution in [2.75, 3.05) is 0 Å². The van der Waals surface area contributed by atoms with E-state index in [1.165, 1.54) is 12.3 Å². The van der Waals surface area contributed by atoms with Gasteiger partial charge in [-0.25, -0.2) is 9.07 Å². The highest BCUT2D eigenvalue weighted by molar-refractivity contribution is 5.36. The summed E-state index contributed by atoms with van der Waals surface area (Å²) in [6.45, 7) is 2.62. The monoisotopic (exact) mass is 236 g/mol. The summed E-state index contributed by atoms with van der Waals surface area (Å²) < 4.78 is 20.6. The van der Waals surface area contributed by atoms with Gasteiger partial charge in [0.25, 0.3) is 0 Å². The van der Waals surface area contributed by atoms with Crippen molar-refractivity contribution in [3.05, 3.63) is 35.8 Å². The zero-order valence-electron chi connectivity index (χ0n) is 9.43. The van der Waals surface area contributed by atoms with E-state index in [4.69, 9.17) is 10.5 Å². The molecule has 2 aromatic rings. The van der Waals surface area contributed by atoms with Crippen LogP contribution in [-0.4, -0.2) is 15.0 Å². The van der Waals surface area contributed by atoms with Crippen molar-refractivity contribution in [3.63, 3.8) is 0 Å². The number of rotatable bonds is 4. The van der Waals surface area contributed by atoms with Gasteiger partial charge in [-0.15, -0.1) is 5.10 Å². The molecule has 0 aliphatic heterocycles. The second kappa shape index (κ2) is 4.92. The van der Waals surface area contributed by atoms with E-state index in [9.17, 15) is 4.39 Å². The molecule has 0 atom stereocenters. The molecular formula is C11H13FN4O.